The summed E-state index contributed by atoms with van der Waals surface area (Å²) in [6, 6.07) is 7.84. The highest BCUT2D eigenvalue weighted by Crippen LogP contribution is 2.21. The first-order valence-electron chi connectivity index (χ1n) is 9.74. The highest BCUT2D eigenvalue weighted by atomic mass is 32.1. The molecule has 1 aromatic heterocycles. The second-order valence-electron chi connectivity index (χ2n) is 6.81. The van der Waals surface area contributed by atoms with Gasteiger partial charge in [0, 0.05) is 45.2 Å². The van der Waals surface area contributed by atoms with Crippen molar-refractivity contribution in [1.29, 1.82) is 0 Å². The molecule has 1 amide bonds. The van der Waals surface area contributed by atoms with Gasteiger partial charge >= 0.3 is 0 Å². The fraction of sp³-hybridized carbons (Fsp3) is 0.476. The van der Waals surface area contributed by atoms with Crippen molar-refractivity contribution in [3.8, 4) is 0 Å². The Morgan fingerprint density at radius 3 is 2.69 bits per heavy atom. The first-order valence-corrected chi connectivity index (χ1v) is 10.6. The van der Waals surface area contributed by atoms with E-state index in [1.807, 2.05) is 50.1 Å². The van der Waals surface area contributed by atoms with E-state index in [9.17, 15) is 4.79 Å². The summed E-state index contributed by atoms with van der Waals surface area (Å²) in [7, 11) is 5.44. The Kier molecular flexibility index (Phi) is 9.08. The summed E-state index contributed by atoms with van der Waals surface area (Å²) in [6.07, 6.45) is 1.39. The van der Waals surface area contributed by atoms with Gasteiger partial charge in [-0.3, -0.25) is 9.79 Å². The number of hydrogen-bond donors (Lipinski definition) is 2. The zero-order chi connectivity index (χ0) is 21.2. The van der Waals surface area contributed by atoms with Gasteiger partial charge in [0.2, 0.25) is 5.91 Å². The topological polar surface area (TPSA) is 78.9 Å². The predicted molar refractivity (Wildman–Crippen MR) is 119 cm³/mol. The van der Waals surface area contributed by atoms with Crippen LogP contribution >= 0.6 is 11.3 Å². The summed E-state index contributed by atoms with van der Waals surface area (Å²) in [5, 5.41) is 9.30. The van der Waals surface area contributed by atoms with Gasteiger partial charge in [-0.2, -0.15) is 0 Å². The maximum atomic E-state index is 11.7. The minimum absolute atomic E-state index is 0.00576. The summed E-state index contributed by atoms with van der Waals surface area (Å²) in [4.78, 5) is 22.7. The Bertz CT molecular complexity index is 804. The molecule has 0 saturated heterocycles. The van der Waals surface area contributed by atoms with E-state index >= 15 is 0 Å². The van der Waals surface area contributed by atoms with Gasteiger partial charge in [0.25, 0.3) is 0 Å². The van der Waals surface area contributed by atoms with Crippen molar-refractivity contribution >= 4 is 28.9 Å². The summed E-state index contributed by atoms with van der Waals surface area (Å²) in [6.45, 7) is 5.29. The summed E-state index contributed by atoms with van der Waals surface area (Å²) in [5.41, 5.74) is 2.92. The highest BCUT2D eigenvalue weighted by molar-refractivity contribution is 7.09. The molecule has 0 radical (unpaired) electrons. The van der Waals surface area contributed by atoms with Crippen LogP contribution < -0.4 is 10.6 Å². The van der Waals surface area contributed by atoms with E-state index in [0.717, 1.165) is 34.3 Å². The SMILES string of the molecule is CCCC(=O)Nc1ccc(CNC(=NC)N(C)Cc2csc(C(C)OC)n2)cc1. The predicted octanol–water partition coefficient (Wildman–Crippen LogP) is 3.80. The van der Waals surface area contributed by atoms with Crippen LogP contribution in [0.4, 0.5) is 5.69 Å². The van der Waals surface area contributed by atoms with Gasteiger partial charge in [0.1, 0.15) is 11.1 Å². The average molecular weight is 418 g/mol. The lowest BCUT2D eigenvalue weighted by Gasteiger charge is -2.21. The number of ether oxygens (including phenoxy) is 1. The van der Waals surface area contributed by atoms with Gasteiger partial charge in [0.05, 0.1) is 12.2 Å². The number of rotatable bonds is 9. The lowest BCUT2D eigenvalue weighted by molar-refractivity contribution is -0.116. The van der Waals surface area contributed by atoms with Crippen molar-refractivity contribution in [2.45, 2.75) is 45.9 Å². The van der Waals surface area contributed by atoms with Gasteiger partial charge in [-0.25, -0.2) is 4.98 Å². The van der Waals surface area contributed by atoms with Crippen LogP contribution in [-0.2, 0) is 22.6 Å². The first-order chi connectivity index (χ1) is 14.0. The van der Waals surface area contributed by atoms with Gasteiger partial charge in [-0.05, 0) is 31.0 Å². The molecule has 0 fully saturated rings. The Balaban J connectivity index is 1.87. The molecule has 158 valence electrons. The molecule has 0 bridgehead atoms. The lowest BCUT2D eigenvalue weighted by Crippen LogP contribution is -2.38. The average Bonchev–Trinajstić information content (AvgIpc) is 3.17. The number of anilines is 1. The van der Waals surface area contributed by atoms with Crippen LogP contribution in [0.1, 0.15) is 49.1 Å². The maximum Gasteiger partial charge on any atom is 0.224 e. The summed E-state index contributed by atoms with van der Waals surface area (Å²) < 4.78 is 5.33. The van der Waals surface area contributed by atoms with Crippen LogP contribution in [0.25, 0.3) is 0 Å². The fourth-order valence-electron chi connectivity index (χ4n) is 2.72. The van der Waals surface area contributed by atoms with E-state index in [1.54, 1.807) is 25.5 Å². The van der Waals surface area contributed by atoms with E-state index in [2.05, 4.69) is 26.0 Å². The highest BCUT2D eigenvalue weighted by Gasteiger charge is 2.12. The van der Waals surface area contributed by atoms with Gasteiger partial charge in [-0.15, -0.1) is 11.3 Å². The number of carbonyl (C=O) groups excluding carboxylic acids is 1. The third-order valence-electron chi connectivity index (χ3n) is 4.41. The third-order valence-corrected chi connectivity index (χ3v) is 5.46. The van der Waals surface area contributed by atoms with Crippen LogP contribution in [0.15, 0.2) is 34.6 Å². The molecule has 1 unspecified atom stereocenters. The van der Waals surface area contributed by atoms with Crippen molar-refractivity contribution in [2.75, 3.05) is 26.5 Å². The van der Waals surface area contributed by atoms with Crippen LogP contribution in [0.2, 0.25) is 0 Å². The van der Waals surface area contributed by atoms with Crippen LogP contribution in [0, 0.1) is 0 Å². The van der Waals surface area contributed by atoms with Crippen LogP contribution in [0.5, 0.6) is 0 Å². The number of nitrogens with zero attached hydrogens (tertiary/aromatic N) is 3. The molecule has 0 aliphatic carbocycles. The number of amides is 1. The minimum Gasteiger partial charge on any atom is -0.375 e. The van der Waals surface area contributed by atoms with Crippen molar-refractivity contribution in [1.82, 2.24) is 15.2 Å². The molecule has 1 heterocycles. The maximum absolute atomic E-state index is 11.7. The molecule has 0 saturated carbocycles. The smallest absolute Gasteiger partial charge is 0.224 e. The normalized spacial score (nSPS) is 12.5. The number of thiazole rings is 1. The number of aromatic nitrogens is 1. The third kappa shape index (κ3) is 7.14. The van der Waals surface area contributed by atoms with Gasteiger partial charge < -0.3 is 20.3 Å². The molecule has 0 spiro atoms. The van der Waals surface area contributed by atoms with Crippen molar-refractivity contribution in [3.05, 3.63) is 45.9 Å². The number of benzene rings is 1. The van der Waals surface area contributed by atoms with E-state index in [0.29, 0.717) is 19.5 Å². The van der Waals surface area contributed by atoms with Gasteiger partial charge in [-0.1, -0.05) is 19.1 Å². The molecule has 1 atom stereocenters. The molecule has 29 heavy (non-hydrogen) atoms. The summed E-state index contributed by atoms with van der Waals surface area (Å²) in [5.74, 6) is 0.838. The fourth-order valence-corrected chi connectivity index (χ4v) is 3.56. The number of nitrogens with one attached hydrogen (secondary N) is 2. The number of methoxy groups -OCH3 is 1. The summed E-state index contributed by atoms with van der Waals surface area (Å²) >= 11 is 1.61. The van der Waals surface area contributed by atoms with E-state index in [-0.39, 0.29) is 12.0 Å². The number of carbonyl (C=O) groups is 1. The molecule has 1 aromatic carbocycles. The van der Waals surface area contributed by atoms with Gasteiger partial charge in [0.15, 0.2) is 5.96 Å². The molecule has 2 aromatic rings. The second kappa shape index (κ2) is 11.5. The largest absolute Gasteiger partial charge is 0.375 e. The van der Waals surface area contributed by atoms with Crippen molar-refractivity contribution in [3.63, 3.8) is 0 Å². The molecule has 2 N–H and O–H groups in total. The minimum atomic E-state index is 0.00576. The molecular formula is C21H31N5O2S. The van der Waals surface area contributed by atoms with Crippen molar-refractivity contribution in [2.24, 2.45) is 4.99 Å². The molecule has 0 aliphatic heterocycles. The molecule has 0 aliphatic rings. The molecule has 7 nitrogen and oxygen atoms in total. The Morgan fingerprint density at radius 1 is 1.34 bits per heavy atom. The van der Waals surface area contributed by atoms with Crippen LogP contribution in [-0.4, -0.2) is 43.0 Å². The standard InChI is InChI=1S/C21H31N5O2S/c1-6-7-19(27)24-17-10-8-16(9-11-17)12-23-21(22-3)26(4)13-18-14-29-20(25-18)15(2)28-5/h8-11,14-15H,6-7,12-13H2,1-5H3,(H,22,23)(H,24,27). The number of hydrogen-bond acceptors (Lipinski definition) is 5. The zero-order valence-corrected chi connectivity index (χ0v) is 18.7. The monoisotopic (exact) mass is 417 g/mol. The Hall–Kier alpha value is -2.45. The van der Waals surface area contributed by atoms with E-state index < -0.39 is 0 Å². The van der Waals surface area contributed by atoms with E-state index in [4.69, 9.17) is 4.74 Å². The van der Waals surface area contributed by atoms with E-state index in [1.165, 1.54) is 0 Å². The molecular weight excluding hydrogens is 386 g/mol. The number of aliphatic imine (C=N–C) groups is 1. The number of guanidine groups is 1. The quantitative estimate of drug-likeness (QED) is 0.479. The van der Waals surface area contributed by atoms with Crippen LogP contribution in [0.3, 0.4) is 0 Å². The lowest BCUT2D eigenvalue weighted by atomic mass is 10.2. The first kappa shape index (κ1) is 22.8. The zero-order valence-electron chi connectivity index (χ0n) is 17.9. The Morgan fingerprint density at radius 2 is 2.07 bits per heavy atom. The van der Waals surface area contributed by atoms with Crippen molar-refractivity contribution < 1.29 is 9.53 Å². The Labute approximate surface area is 177 Å². The molecule has 8 heteroatoms. The second-order valence-corrected chi connectivity index (χ2v) is 7.70. The molecule has 2 rings (SSSR count).